The van der Waals surface area contributed by atoms with Gasteiger partial charge < -0.3 is 11.1 Å². The first-order chi connectivity index (χ1) is 14.8. The topological polar surface area (TPSA) is 89.6 Å². The van der Waals surface area contributed by atoms with Crippen LogP contribution in [0.2, 0.25) is 15.7 Å². The van der Waals surface area contributed by atoms with E-state index in [0.29, 0.717) is 22.5 Å². The van der Waals surface area contributed by atoms with E-state index in [1.807, 2.05) is 13.0 Å². The van der Waals surface area contributed by atoms with E-state index >= 15 is 0 Å². The summed E-state index contributed by atoms with van der Waals surface area (Å²) < 4.78 is 0. The van der Waals surface area contributed by atoms with Crippen molar-refractivity contribution in [3.63, 3.8) is 0 Å². The van der Waals surface area contributed by atoms with Crippen molar-refractivity contribution in [1.29, 1.82) is 0 Å². The second-order valence-electron chi connectivity index (χ2n) is 8.14. The van der Waals surface area contributed by atoms with Gasteiger partial charge in [0.2, 0.25) is 10.6 Å². The Hall–Kier alpha value is -1.21. The molecule has 2 saturated carbocycles. The van der Waals surface area contributed by atoms with E-state index in [4.69, 9.17) is 40.5 Å². The fraction of sp³-hybridized carbons (Fsp3) is 0.636. The molecule has 0 radical (unpaired) electrons. The van der Waals surface area contributed by atoms with Crippen LogP contribution in [0.3, 0.4) is 0 Å². The first kappa shape index (κ1) is 26.0. The maximum Gasteiger partial charge on any atom is 0.224 e. The Morgan fingerprint density at radius 1 is 0.742 bits per heavy atom. The van der Waals surface area contributed by atoms with Crippen LogP contribution in [0.15, 0.2) is 12.1 Å². The molecule has 2 aliphatic carbocycles. The molecule has 2 aromatic rings. The minimum atomic E-state index is 0.194. The monoisotopic (exact) mass is 486 g/mol. The second-order valence-corrected chi connectivity index (χ2v) is 9.21. The molecule has 0 saturated heterocycles. The molecular weight excluding hydrogens is 455 g/mol. The number of hydrogen-bond donors (Lipinski definition) is 2. The predicted octanol–water partition coefficient (Wildman–Crippen LogP) is 6.55. The zero-order valence-electron chi connectivity index (χ0n) is 18.4. The molecule has 0 spiro atoms. The van der Waals surface area contributed by atoms with Gasteiger partial charge in [-0.15, -0.1) is 0 Å². The second kappa shape index (κ2) is 14.0. The molecule has 2 heterocycles. The maximum absolute atomic E-state index is 5.81. The Bertz CT molecular complexity index is 722. The molecule has 0 aliphatic heterocycles. The highest BCUT2D eigenvalue weighted by Gasteiger charge is 2.13. The van der Waals surface area contributed by atoms with Crippen molar-refractivity contribution in [2.45, 2.75) is 90.1 Å². The average molecular weight is 488 g/mol. The standard InChI is InChI=1S/C11H16ClN3.C6H13N.C5H4Cl2N2/c1-8-7-10(15-11(12)13-8)14-9-5-3-2-4-6-9;7-6-4-2-1-3-5-6;1-3-2-4(6)9-5(7)8-3/h7,9H,2-6H2,1H3,(H,13,14,15);6H,1-5,7H2;2H,1H3. The number of halogens is 3. The number of nitrogens with two attached hydrogens (primary N) is 1. The molecule has 31 heavy (non-hydrogen) atoms. The molecule has 3 N–H and O–H groups in total. The van der Waals surface area contributed by atoms with Crippen LogP contribution in [-0.2, 0) is 0 Å². The van der Waals surface area contributed by atoms with Crippen molar-refractivity contribution in [3.8, 4) is 0 Å². The van der Waals surface area contributed by atoms with E-state index in [2.05, 4.69) is 25.3 Å². The van der Waals surface area contributed by atoms with Crippen LogP contribution in [-0.4, -0.2) is 32.0 Å². The van der Waals surface area contributed by atoms with Gasteiger partial charge in [-0.2, -0.15) is 0 Å². The highest BCUT2D eigenvalue weighted by Crippen LogP contribution is 2.21. The highest BCUT2D eigenvalue weighted by atomic mass is 35.5. The first-order valence-corrected chi connectivity index (χ1v) is 12.1. The van der Waals surface area contributed by atoms with Gasteiger partial charge in [-0.25, -0.2) is 19.9 Å². The van der Waals surface area contributed by atoms with Gasteiger partial charge >= 0.3 is 0 Å². The Balaban J connectivity index is 0.000000181. The minimum absolute atomic E-state index is 0.194. The quantitative estimate of drug-likeness (QED) is 0.368. The van der Waals surface area contributed by atoms with E-state index in [0.717, 1.165) is 17.2 Å². The van der Waals surface area contributed by atoms with Gasteiger partial charge in [0.15, 0.2) is 0 Å². The molecule has 0 bridgehead atoms. The maximum atomic E-state index is 5.81. The summed E-state index contributed by atoms with van der Waals surface area (Å²) in [5.74, 6) is 0.861. The van der Waals surface area contributed by atoms with Gasteiger partial charge in [0.25, 0.3) is 0 Å². The summed E-state index contributed by atoms with van der Waals surface area (Å²) >= 11 is 16.8. The minimum Gasteiger partial charge on any atom is -0.367 e. The molecule has 172 valence electrons. The van der Waals surface area contributed by atoms with Crippen molar-refractivity contribution in [3.05, 3.63) is 39.2 Å². The molecule has 2 aliphatic rings. The van der Waals surface area contributed by atoms with Crippen molar-refractivity contribution < 1.29 is 0 Å². The van der Waals surface area contributed by atoms with Crippen LogP contribution in [0.5, 0.6) is 0 Å². The van der Waals surface area contributed by atoms with Crippen molar-refractivity contribution >= 4 is 40.6 Å². The zero-order valence-corrected chi connectivity index (χ0v) is 20.6. The lowest BCUT2D eigenvalue weighted by molar-refractivity contribution is 0.441. The highest BCUT2D eigenvalue weighted by molar-refractivity contribution is 6.31. The van der Waals surface area contributed by atoms with Gasteiger partial charge in [0.05, 0.1) is 0 Å². The smallest absolute Gasteiger partial charge is 0.224 e. The van der Waals surface area contributed by atoms with Gasteiger partial charge in [-0.3, -0.25) is 0 Å². The summed E-state index contributed by atoms with van der Waals surface area (Å²) in [7, 11) is 0. The number of aryl methyl sites for hydroxylation is 2. The largest absolute Gasteiger partial charge is 0.367 e. The van der Waals surface area contributed by atoms with E-state index in [1.165, 1.54) is 64.2 Å². The summed E-state index contributed by atoms with van der Waals surface area (Å²) in [5.41, 5.74) is 7.32. The summed E-state index contributed by atoms with van der Waals surface area (Å²) in [6.07, 6.45) is 13.1. The van der Waals surface area contributed by atoms with Crippen LogP contribution in [0.25, 0.3) is 0 Å². The Morgan fingerprint density at radius 2 is 1.26 bits per heavy atom. The SMILES string of the molecule is Cc1cc(Cl)nc(Cl)n1.Cc1cc(NC2CCCCC2)nc(Cl)n1.NC1CCCCC1. The number of aromatic nitrogens is 4. The fourth-order valence-electron chi connectivity index (χ4n) is 3.69. The van der Waals surface area contributed by atoms with Gasteiger partial charge in [0, 0.05) is 29.5 Å². The lowest BCUT2D eigenvalue weighted by Gasteiger charge is -2.23. The lowest BCUT2D eigenvalue weighted by Crippen LogP contribution is -2.22. The third-order valence-electron chi connectivity index (χ3n) is 5.23. The van der Waals surface area contributed by atoms with Crippen LogP contribution in [0, 0.1) is 13.8 Å². The molecule has 2 fully saturated rings. The number of nitrogens with one attached hydrogen (secondary N) is 1. The Morgan fingerprint density at radius 3 is 1.71 bits per heavy atom. The lowest BCUT2D eigenvalue weighted by atomic mass is 9.95. The molecule has 4 rings (SSSR count). The third kappa shape index (κ3) is 11.3. The summed E-state index contributed by atoms with van der Waals surface area (Å²) in [6, 6.07) is 4.69. The molecule has 0 aromatic carbocycles. The summed E-state index contributed by atoms with van der Waals surface area (Å²) in [4.78, 5) is 15.7. The number of hydrogen-bond acceptors (Lipinski definition) is 6. The molecule has 9 heteroatoms. The van der Waals surface area contributed by atoms with Crippen LogP contribution < -0.4 is 11.1 Å². The molecule has 6 nitrogen and oxygen atoms in total. The molecule has 2 aromatic heterocycles. The molecule has 0 unspecified atom stereocenters. The van der Waals surface area contributed by atoms with E-state index < -0.39 is 0 Å². The van der Waals surface area contributed by atoms with Gasteiger partial charge in [0.1, 0.15) is 11.0 Å². The summed E-state index contributed by atoms with van der Waals surface area (Å²) in [6.45, 7) is 3.74. The number of rotatable bonds is 2. The average Bonchev–Trinajstić information content (AvgIpc) is 2.68. The van der Waals surface area contributed by atoms with Crippen LogP contribution >= 0.6 is 34.8 Å². The van der Waals surface area contributed by atoms with E-state index in [-0.39, 0.29) is 5.28 Å². The van der Waals surface area contributed by atoms with Crippen molar-refractivity contribution in [2.75, 3.05) is 5.32 Å². The first-order valence-electron chi connectivity index (χ1n) is 11.0. The molecule has 0 atom stereocenters. The predicted molar refractivity (Wildman–Crippen MR) is 130 cm³/mol. The van der Waals surface area contributed by atoms with Gasteiger partial charge in [-0.1, -0.05) is 50.1 Å². The molecule has 0 amide bonds. The fourth-order valence-corrected chi connectivity index (χ4v) is 4.42. The molecular formula is C22H33Cl3N6. The normalized spacial score (nSPS) is 17.1. The summed E-state index contributed by atoms with van der Waals surface area (Å²) in [5, 5.41) is 4.33. The van der Waals surface area contributed by atoms with Crippen molar-refractivity contribution in [1.82, 2.24) is 19.9 Å². The van der Waals surface area contributed by atoms with Gasteiger partial charge in [-0.05, 0) is 68.8 Å². The Labute approximate surface area is 200 Å². The Kier molecular flexibility index (Phi) is 11.8. The van der Waals surface area contributed by atoms with Crippen LogP contribution in [0.4, 0.5) is 5.82 Å². The zero-order chi connectivity index (χ0) is 22.6. The number of anilines is 1. The third-order valence-corrected chi connectivity index (χ3v) is 5.76. The van der Waals surface area contributed by atoms with Crippen molar-refractivity contribution in [2.24, 2.45) is 5.73 Å². The van der Waals surface area contributed by atoms with E-state index in [9.17, 15) is 0 Å². The van der Waals surface area contributed by atoms with Crippen LogP contribution in [0.1, 0.15) is 75.6 Å². The number of nitrogens with zero attached hydrogens (tertiary/aromatic N) is 4. The van der Waals surface area contributed by atoms with E-state index in [1.54, 1.807) is 13.0 Å².